The van der Waals surface area contributed by atoms with E-state index < -0.39 is 29.0 Å². The van der Waals surface area contributed by atoms with Crippen LogP contribution in [0.2, 0.25) is 5.02 Å². The second-order valence-corrected chi connectivity index (χ2v) is 9.03. The number of carbonyl (C=O) groups is 1. The van der Waals surface area contributed by atoms with Gasteiger partial charge >= 0.3 is 6.18 Å². The molecule has 1 aromatic carbocycles. The molecule has 7 nitrogen and oxygen atoms in total. The molecule has 0 saturated carbocycles. The van der Waals surface area contributed by atoms with Crippen molar-refractivity contribution in [2.45, 2.75) is 38.9 Å². The number of hydrogen-bond acceptors (Lipinski definition) is 4. The third kappa shape index (κ3) is 4.74. The second kappa shape index (κ2) is 8.39. The number of nitrogens with one attached hydrogen (secondary N) is 1. The van der Waals surface area contributed by atoms with Crippen molar-refractivity contribution in [3.8, 4) is 0 Å². The molecule has 34 heavy (non-hydrogen) atoms. The monoisotopic (exact) mass is 494 g/mol. The van der Waals surface area contributed by atoms with Crippen LogP contribution in [-0.2, 0) is 18.1 Å². The van der Waals surface area contributed by atoms with Crippen LogP contribution in [0.25, 0.3) is 5.65 Å². The van der Waals surface area contributed by atoms with Crippen molar-refractivity contribution >= 4 is 29.0 Å². The molecule has 12 heteroatoms. The Kier molecular flexibility index (Phi) is 5.84. The van der Waals surface area contributed by atoms with Gasteiger partial charge in [0.05, 0.1) is 12.2 Å². The Bertz CT molecular complexity index is 1370. The summed E-state index contributed by atoms with van der Waals surface area (Å²) < 4.78 is 56.9. The van der Waals surface area contributed by atoms with Crippen molar-refractivity contribution in [3.63, 3.8) is 0 Å². The molecule has 1 amide bonds. The van der Waals surface area contributed by atoms with Crippen LogP contribution in [-0.4, -0.2) is 30.3 Å². The maximum absolute atomic E-state index is 14.0. The van der Waals surface area contributed by atoms with Crippen LogP contribution in [0.5, 0.6) is 0 Å². The summed E-state index contributed by atoms with van der Waals surface area (Å²) in [4.78, 5) is 16.9. The van der Waals surface area contributed by atoms with Gasteiger partial charge in [0.1, 0.15) is 11.5 Å². The zero-order valence-corrected chi connectivity index (χ0v) is 19.0. The Hall–Kier alpha value is -3.47. The molecule has 3 heterocycles. The number of benzene rings is 1. The van der Waals surface area contributed by atoms with Gasteiger partial charge < -0.3 is 5.32 Å². The fourth-order valence-electron chi connectivity index (χ4n) is 3.21. The number of anilines is 1. The lowest BCUT2D eigenvalue weighted by Gasteiger charge is -2.19. The topological polar surface area (TPSA) is 77.1 Å². The first-order valence-electron chi connectivity index (χ1n) is 10.1. The molecule has 178 valence electrons. The minimum absolute atomic E-state index is 0.0180. The summed E-state index contributed by atoms with van der Waals surface area (Å²) in [5.41, 5.74) is -1.62. The van der Waals surface area contributed by atoms with Crippen molar-refractivity contribution in [2.75, 3.05) is 5.32 Å². The van der Waals surface area contributed by atoms with Crippen molar-refractivity contribution in [2.24, 2.45) is 0 Å². The van der Waals surface area contributed by atoms with E-state index in [4.69, 9.17) is 11.6 Å². The highest BCUT2D eigenvalue weighted by Gasteiger charge is 2.36. The van der Waals surface area contributed by atoms with Crippen LogP contribution in [0.3, 0.4) is 0 Å². The van der Waals surface area contributed by atoms with E-state index in [9.17, 15) is 22.4 Å². The van der Waals surface area contributed by atoms with Gasteiger partial charge in [0.2, 0.25) is 0 Å². The van der Waals surface area contributed by atoms with Crippen molar-refractivity contribution in [3.05, 3.63) is 76.1 Å². The predicted molar refractivity (Wildman–Crippen MR) is 117 cm³/mol. The smallest absolute Gasteiger partial charge is 0.304 e. The van der Waals surface area contributed by atoms with Gasteiger partial charge in [-0.3, -0.25) is 9.48 Å². The van der Waals surface area contributed by atoms with Crippen LogP contribution in [0.4, 0.5) is 23.4 Å². The van der Waals surface area contributed by atoms with E-state index in [1.807, 2.05) is 0 Å². The summed E-state index contributed by atoms with van der Waals surface area (Å²) in [6.07, 6.45) is -3.20. The van der Waals surface area contributed by atoms with Crippen LogP contribution in [0.1, 0.15) is 48.2 Å². The molecule has 0 radical (unpaired) electrons. The van der Waals surface area contributed by atoms with E-state index in [1.165, 1.54) is 35.1 Å². The molecule has 0 fully saturated rings. The fourth-order valence-corrected chi connectivity index (χ4v) is 3.44. The number of fused-ring (bicyclic) bond motifs is 1. The largest absolute Gasteiger partial charge is 0.433 e. The predicted octanol–water partition coefficient (Wildman–Crippen LogP) is 5.34. The zero-order chi connectivity index (χ0) is 24.8. The first-order chi connectivity index (χ1) is 15.8. The van der Waals surface area contributed by atoms with Gasteiger partial charge in [0.25, 0.3) is 5.91 Å². The molecule has 0 atom stereocenters. The van der Waals surface area contributed by atoms with Crippen LogP contribution < -0.4 is 5.32 Å². The average molecular weight is 495 g/mol. The lowest BCUT2D eigenvalue weighted by atomic mass is 9.91. The third-order valence-corrected chi connectivity index (χ3v) is 5.34. The van der Waals surface area contributed by atoms with Crippen molar-refractivity contribution < 1.29 is 22.4 Å². The van der Waals surface area contributed by atoms with Gasteiger partial charge in [-0.1, -0.05) is 38.4 Å². The quantitative estimate of drug-likeness (QED) is 0.389. The molecule has 0 aliphatic heterocycles. The van der Waals surface area contributed by atoms with E-state index in [2.05, 4.69) is 20.5 Å². The van der Waals surface area contributed by atoms with Crippen LogP contribution >= 0.6 is 11.6 Å². The molecule has 1 N–H and O–H groups in total. The highest BCUT2D eigenvalue weighted by molar-refractivity contribution is 6.31. The molecule has 0 bridgehead atoms. The summed E-state index contributed by atoms with van der Waals surface area (Å²) in [5.74, 6) is -1.17. The summed E-state index contributed by atoms with van der Waals surface area (Å²) in [6.45, 7) is 5.23. The van der Waals surface area contributed by atoms with E-state index in [1.54, 1.807) is 26.8 Å². The summed E-state index contributed by atoms with van der Waals surface area (Å²) >= 11 is 6.03. The number of amides is 1. The Morgan fingerprint density at radius 1 is 1.12 bits per heavy atom. The lowest BCUT2D eigenvalue weighted by Crippen LogP contribution is -2.20. The molecule has 3 aromatic heterocycles. The van der Waals surface area contributed by atoms with Gasteiger partial charge in [0, 0.05) is 34.3 Å². The molecule has 4 rings (SSSR count). The number of carbonyl (C=O) groups excluding carboxylic acids is 1. The number of aromatic nitrogens is 5. The molecule has 0 unspecified atom stereocenters. The van der Waals surface area contributed by atoms with Gasteiger partial charge in [-0.15, -0.1) is 0 Å². The average Bonchev–Trinajstić information content (AvgIpc) is 3.35. The molecule has 0 spiro atoms. The van der Waals surface area contributed by atoms with E-state index in [-0.39, 0.29) is 40.0 Å². The highest BCUT2D eigenvalue weighted by atomic mass is 35.5. The van der Waals surface area contributed by atoms with E-state index >= 15 is 0 Å². The van der Waals surface area contributed by atoms with E-state index in [0.29, 0.717) is 4.52 Å². The normalized spacial score (nSPS) is 12.4. The first kappa shape index (κ1) is 23.7. The fraction of sp³-hybridized carbons (Fsp3) is 0.273. The summed E-state index contributed by atoms with van der Waals surface area (Å²) in [7, 11) is 0. The standard InChI is InChI=1S/C22H19ClF4N6O/c1-21(2,3)16-10-17(22(25,26)27)33-19(28-16)9-15(30-33)20(34)29-18-7-8-32(31-18)11-12-13(23)5-4-6-14(12)24/h4-10H,11H2,1-3H3,(H,29,31,34). The van der Waals surface area contributed by atoms with Gasteiger partial charge in [-0.2, -0.15) is 23.4 Å². The highest BCUT2D eigenvalue weighted by Crippen LogP contribution is 2.32. The SMILES string of the molecule is CC(C)(C)c1cc(C(F)(F)F)n2nc(C(=O)Nc3ccn(Cc4c(F)cccc4Cl)n3)cc2n1. The third-order valence-electron chi connectivity index (χ3n) is 4.98. The van der Waals surface area contributed by atoms with Crippen LogP contribution in [0, 0.1) is 5.82 Å². The number of hydrogen-bond donors (Lipinski definition) is 1. The Balaban J connectivity index is 1.60. The molecule has 0 aliphatic carbocycles. The summed E-state index contributed by atoms with van der Waals surface area (Å²) in [5, 5.41) is 10.7. The summed E-state index contributed by atoms with van der Waals surface area (Å²) in [6, 6.07) is 7.86. The number of rotatable bonds is 4. The van der Waals surface area contributed by atoms with Crippen molar-refractivity contribution in [1.29, 1.82) is 0 Å². The number of nitrogens with zero attached hydrogens (tertiary/aromatic N) is 5. The minimum Gasteiger partial charge on any atom is -0.304 e. The maximum atomic E-state index is 14.0. The number of halogens is 5. The Labute approximate surface area is 196 Å². The Morgan fingerprint density at radius 2 is 1.85 bits per heavy atom. The molecule has 0 saturated heterocycles. The van der Waals surface area contributed by atoms with Crippen molar-refractivity contribution in [1.82, 2.24) is 24.4 Å². The lowest BCUT2D eigenvalue weighted by molar-refractivity contribution is -0.142. The molecular formula is C22H19ClF4N6O. The molecule has 0 aliphatic rings. The first-order valence-corrected chi connectivity index (χ1v) is 10.5. The maximum Gasteiger partial charge on any atom is 0.433 e. The Morgan fingerprint density at radius 3 is 2.50 bits per heavy atom. The molecular weight excluding hydrogens is 476 g/mol. The zero-order valence-electron chi connectivity index (χ0n) is 18.3. The van der Waals surface area contributed by atoms with Gasteiger partial charge in [-0.25, -0.2) is 13.9 Å². The number of alkyl halides is 3. The second-order valence-electron chi connectivity index (χ2n) is 8.63. The molecule has 4 aromatic rings. The van der Waals surface area contributed by atoms with Gasteiger partial charge in [0.15, 0.2) is 17.2 Å². The van der Waals surface area contributed by atoms with E-state index in [0.717, 1.165) is 6.07 Å². The van der Waals surface area contributed by atoms with Crippen LogP contribution in [0.15, 0.2) is 42.6 Å². The minimum atomic E-state index is -4.70. The van der Waals surface area contributed by atoms with Gasteiger partial charge in [-0.05, 0) is 18.2 Å².